The third-order valence-corrected chi connectivity index (χ3v) is 2.39. The Morgan fingerprint density at radius 1 is 1.46 bits per heavy atom. The maximum absolute atomic E-state index is 11.4. The number of Topliss-reactive ketones (excluding diaryl/α,β-unsaturated/α-hetero) is 1. The van der Waals surface area contributed by atoms with Gasteiger partial charge in [0.15, 0.2) is 0 Å². The van der Waals surface area contributed by atoms with Gasteiger partial charge in [0.25, 0.3) is 0 Å². The Balaban J connectivity index is 3.45. The zero-order valence-corrected chi connectivity index (χ0v) is 9.27. The predicted octanol–water partition coefficient (Wildman–Crippen LogP) is 2.64. The van der Waals surface area contributed by atoms with Gasteiger partial charge in [-0.25, -0.2) is 0 Å². The molecule has 0 aliphatic carbocycles. The van der Waals surface area contributed by atoms with E-state index in [1.54, 1.807) is 7.11 Å². The fourth-order valence-electron chi connectivity index (χ4n) is 1.16. The van der Waals surface area contributed by atoms with Gasteiger partial charge in [-0.1, -0.05) is 13.3 Å². The van der Waals surface area contributed by atoms with E-state index in [0.717, 1.165) is 19.3 Å². The van der Waals surface area contributed by atoms with Crippen LogP contribution < -0.4 is 0 Å². The number of alkyl halides is 1. The van der Waals surface area contributed by atoms with Crippen LogP contribution in [0.15, 0.2) is 0 Å². The Labute approximate surface area is 85.6 Å². The van der Waals surface area contributed by atoms with Crippen molar-refractivity contribution in [3.63, 3.8) is 0 Å². The molecule has 13 heavy (non-hydrogen) atoms. The first kappa shape index (κ1) is 12.9. The second kappa shape index (κ2) is 8.52. The topological polar surface area (TPSA) is 26.3 Å². The Kier molecular flexibility index (Phi) is 8.46. The van der Waals surface area contributed by atoms with Gasteiger partial charge >= 0.3 is 0 Å². The molecular formula is C10H19ClO2. The lowest BCUT2D eigenvalue weighted by molar-refractivity contribution is -0.123. The van der Waals surface area contributed by atoms with Crippen LogP contribution in [0, 0.1) is 5.92 Å². The van der Waals surface area contributed by atoms with Gasteiger partial charge in [-0.15, -0.1) is 11.6 Å². The van der Waals surface area contributed by atoms with Crippen molar-refractivity contribution in [3.05, 3.63) is 0 Å². The summed E-state index contributed by atoms with van der Waals surface area (Å²) < 4.78 is 4.85. The molecule has 0 rings (SSSR count). The lowest BCUT2D eigenvalue weighted by Gasteiger charge is -2.08. The largest absolute Gasteiger partial charge is 0.384 e. The first-order chi connectivity index (χ1) is 6.22. The van der Waals surface area contributed by atoms with Crippen molar-refractivity contribution in [1.29, 1.82) is 0 Å². The van der Waals surface area contributed by atoms with Crippen LogP contribution in [0.5, 0.6) is 0 Å². The molecule has 0 saturated heterocycles. The first-order valence-electron chi connectivity index (χ1n) is 4.80. The monoisotopic (exact) mass is 206 g/mol. The number of rotatable bonds is 8. The average Bonchev–Trinajstić information content (AvgIpc) is 2.14. The highest BCUT2D eigenvalue weighted by Gasteiger charge is 2.11. The molecule has 78 valence electrons. The Morgan fingerprint density at radius 3 is 2.69 bits per heavy atom. The Hall–Kier alpha value is -0.0800. The van der Waals surface area contributed by atoms with Crippen LogP contribution in [-0.4, -0.2) is 25.4 Å². The molecule has 0 N–H and O–H groups in total. The third-order valence-electron chi connectivity index (χ3n) is 2.12. The van der Waals surface area contributed by atoms with E-state index in [2.05, 4.69) is 0 Å². The number of unbranched alkanes of at least 4 members (excludes halogenated alkanes) is 1. The molecule has 0 aromatic heterocycles. The number of carbonyl (C=O) groups excluding carboxylic acids is 1. The van der Waals surface area contributed by atoms with Crippen molar-refractivity contribution in [2.24, 2.45) is 5.92 Å². The molecule has 1 atom stereocenters. The second-order valence-corrected chi connectivity index (χ2v) is 3.67. The minimum atomic E-state index is 0.165. The number of carbonyl (C=O) groups is 1. The van der Waals surface area contributed by atoms with Crippen LogP contribution in [0.2, 0.25) is 0 Å². The van der Waals surface area contributed by atoms with E-state index in [0.29, 0.717) is 24.7 Å². The SMILES string of the molecule is COCCC(=O)C(C)CCCCCl. The summed E-state index contributed by atoms with van der Waals surface area (Å²) in [6.45, 7) is 2.52. The van der Waals surface area contributed by atoms with Gasteiger partial charge in [0.1, 0.15) is 5.78 Å². The Bertz CT molecular complexity index is 137. The van der Waals surface area contributed by atoms with E-state index in [9.17, 15) is 4.79 Å². The summed E-state index contributed by atoms with van der Waals surface area (Å²) in [5, 5.41) is 0. The summed E-state index contributed by atoms with van der Waals surface area (Å²) in [6.07, 6.45) is 3.54. The van der Waals surface area contributed by atoms with E-state index in [-0.39, 0.29) is 5.92 Å². The summed E-state index contributed by atoms with van der Waals surface area (Å²) in [6, 6.07) is 0. The summed E-state index contributed by atoms with van der Waals surface area (Å²) >= 11 is 5.54. The molecule has 1 unspecified atom stereocenters. The smallest absolute Gasteiger partial charge is 0.137 e. The number of methoxy groups -OCH3 is 1. The highest BCUT2D eigenvalue weighted by molar-refractivity contribution is 6.17. The van der Waals surface area contributed by atoms with Crippen molar-refractivity contribution in [3.8, 4) is 0 Å². The normalized spacial score (nSPS) is 12.8. The van der Waals surface area contributed by atoms with E-state index < -0.39 is 0 Å². The number of halogens is 1. The molecule has 0 saturated carbocycles. The molecule has 0 aromatic rings. The molecule has 0 amide bonds. The molecular weight excluding hydrogens is 188 g/mol. The quantitative estimate of drug-likeness (QED) is 0.451. The van der Waals surface area contributed by atoms with Crippen molar-refractivity contribution >= 4 is 17.4 Å². The summed E-state index contributed by atoms with van der Waals surface area (Å²) in [4.78, 5) is 11.4. The van der Waals surface area contributed by atoms with Crippen molar-refractivity contribution < 1.29 is 9.53 Å². The number of ketones is 1. The van der Waals surface area contributed by atoms with Gasteiger partial charge in [0.2, 0.25) is 0 Å². The molecule has 0 spiro atoms. The average molecular weight is 207 g/mol. The molecule has 3 heteroatoms. The lowest BCUT2D eigenvalue weighted by atomic mass is 9.98. The summed E-state index contributed by atoms with van der Waals surface area (Å²) in [5.74, 6) is 1.16. The van der Waals surface area contributed by atoms with E-state index in [1.165, 1.54) is 0 Å². The van der Waals surface area contributed by atoms with E-state index in [4.69, 9.17) is 16.3 Å². The molecule has 0 bridgehead atoms. The maximum atomic E-state index is 11.4. The van der Waals surface area contributed by atoms with Crippen LogP contribution in [0.4, 0.5) is 0 Å². The van der Waals surface area contributed by atoms with Crippen molar-refractivity contribution in [2.45, 2.75) is 32.6 Å². The number of hydrogen-bond acceptors (Lipinski definition) is 2. The number of hydrogen-bond donors (Lipinski definition) is 0. The molecule has 2 nitrogen and oxygen atoms in total. The fourth-order valence-corrected chi connectivity index (χ4v) is 1.34. The molecule has 0 radical (unpaired) electrons. The minimum absolute atomic E-state index is 0.165. The van der Waals surface area contributed by atoms with Crippen LogP contribution in [0.1, 0.15) is 32.6 Å². The minimum Gasteiger partial charge on any atom is -0.384 e. The fraction of sp³-hybridized carbons (Fsp3) is 0.900. The highest BCUT2D eigenvalue weighted by atomic mass is 35.5. The molecule has 0 fully saturated rings. The lowest BCUT2D eigenvalue weighted by Crippen LogP contribution is -2.13. The standard InChI is InChI=1S/C10H19ClO2/c1-9(5-3-4-7-11)10(12)6-8-13-2/h9H,3-8H2,1-2H3. The second-order valence-electron chi connectivity index (χ2n) is 3.29. The molecule has 0 heterocycles. The summed E-state index contributed by atoms with van der Waals surface area (Å²) in [5.41, 5.74) is 0. The van der Waals surface area contributed by atoms with Crippen molar-refractivity contribution in [2.75, 3.05) is 19.6 Å². The van der Waals surface area contributed by atoms with E-state index in [1.807, 2.05) is 6.92 Å². The van der Waals surface area contributed by atoms with Gasteiger partial charge in [0, 0.05) is 25.3 Å². The van der Waals surface area contributed by atoms with Gasteiger partial charge < -0.3 is 4.74 Å². The maximum Gasteiger partial charge on any atom is 0.137 e. The van der Waals surface area contributed by atoms with Gasteiger partial charge in [-0.2, -0.15) is 0 Å². The van der Waals surface area contributed by atoms with Crippen LogP contribution in [-0.2, 0) is 9.53 Å². The first-order valence-corrected chi connectivity index (χ1v) is 5.33. The zero-order valence-electron chi connectivity index (χ0n) is 8.51. The van der Waals surface area contributed by atoms with Crippen LogP contribution in [0.3, 0.4) is 0 Å². The Morgan fingerprint density at radius 2 is 2.15 bits per heavy atom. The van der Waals surface area contributed by atoms with Gasteiger partial charge in [-0.3, -0.25) is 4.79 Å². The predicted molar refractivity (Wildman–Crippen MR) is 55.2 cm³/mol. The number of ether oxygens (including phenoxy) is 1. The van der Waals surface area contributed by atoms with E-state index >= 15 is 0 Å². The van der Waals surface area contributed by atoms with Crippen LogP contribution >= 0.6 is 11.6 Å². The third kappa shape index (κ3) is 7.03. The van der Waals surface area contributed by atoms with Gasteiger partial charge in [-0.05, 0) is 12.8 Å². The molecule has 0 aliphatic rings. The zero-order chi connectivity index (χ0) is 10.1. The van der Waals surface area contributed by atoms with Crippen molar-refractivity contribution in [1.82, 2.24) is 0 Å². The molecule has 0 aromatic carbocycles. The van der Waals surface area contributed by atoms with Gasteiger partial charge in [0.05, 0.1) is 6.61 Å². The molecule has 0 aliphatic heterocycles. The summed E-state index contributed by atoms with van der Waals surface area (Å²) in [7, 11) is 1.62. The van der Waals surface area contributed by atoms with Crippen LogP contribution in [0.25, 0.3) is 0 Å². The highest BCUT2D eigenvalue weighted by Crippen LogP contribution is 2.11.